The minimum Gasteiger partial charge on any atom is -0.478 e. The van der Waals surface area contributed by atoms with Crippen LogP contribution in [-0.4, -0.2) is 21.2 Å². The standard InChI is InChI=1S/C16H18N2O3/c1-15(2)11(16(15,3)4)13-17-12(18-21-13)9-6-5-7-10(8-9)14(19)20/h5-8,11H,1-4H3,(H,19,20). The van der Waals surface area contributed by atoms with Crippen LogP contribution in [0.4, 0.5) is 0 Å². The zero-order valence-electron chi connectivity index (χ0n) is 12.5. The number of carboxylic acid groups (broad SMARTS) is 1. The molecular formula is C16H18N2O3. The van der Waals surface area contributed by atoms with Crippen LogP contribution in [0.1, 0.15) is 49.9 Å². The van der Waals surface area contributed by atoms with Gasteiger partial charge in [0.25, 0.3) is 0 Å². The molecule has 3 rings (SSSR count). The van der Waals surface area contributed by atoms with Crippen LogP contribution in [0.2, 0.25) is 0 Å². The van der Waals surface area contributed by atoms with Crippen molar-refractivity contribution < 1.29 is 14.4 Å². The van der Waals surface area contributed by atoms with Crippen molar-refractivity contribution in [3.8, 4) is 11.4 Å². The smallest absolute Gasteiger partial charge is 0.335 e. The summed E-state index contributed by atoms with van der Waals surface area (Å²) in [6.45, 7) is 8.75. The fourth-order valence-corrected chi connectivity index (χ4v) is 3.07. The fraction of sp³-hybridized carbons (Fsp3) is 0.438. The molecule has 110 valence electrons. The number of benzene rings is 1. The quantitative estimate of drug-likeness (QED) is 0.933. The second-order valence-electron chi connectivity index (χ2n) is 6.72. The Morgan fingerprint density at radius 3 is 2.48 bits per heavy atom. The van der Waals surface area contributed by atoms with E-state index in [1.165, 1.54) is 0 Å². The Bertz CT molecular complexity index is 702. The molecule has 1 aromatic heterocycles. The van der Waals surface area contributed by atoms with Crippen LogP contribution in [0.25, 0.3) is 11.4 Å². The van der Waals surface area contributed by atoms with E-state index in [0.717, 1.165) is 0 Å². The number of nitrogens with zero attached hydrogens (tertiary/aromatic N) is 2. The molecular weight excluding hydrogens is 268 g/mol. The van der Waals surface area contributed by atoms with Crippen LogP contribution in [0.15, 0.2) is 28.8 Å². The first-order valence-corrected chi connectivity index (χ1v) is 6.92. The number of rotatable bonds is 3. The maximum absolute atomic E-state index is 11.0. The van der Waals surface area contributed by atoms with Crippen LogP contribution in [0.3, 0.4) is 0 Å². The highest BCUT2D eigenvalue weighted by molar-refractivity contribution is 5.89. The van der Waals surface area contributed by atoms with Gasteiger partial charge in [-0.25, -0.2) is 4.79 Å². The molecule has 0 atom stereocenters. The highest BCUT2D eigenvalue weighted by Crippen LogP contribution is 2.73. The Balaban J connectivity index is 1.93. The summed E-state index contributed by atoms with van der Waals surface area (Å²) in [4.78, 5) is 15.5. The van der Waals surface area contributed by atoms with Crippen molar-refractivity contribution in [2.75, 3.05) is 0 Å². The van der Waals surface area contributed by atoms with E-state index in [4.69, 9.17) is 9.63 Å². The Morgan fingerprint density at radius 1 is 1.24 bits per heavy atom. The Morgan fingerprint density at radius 2 is 1.90 bits per heavy atom. The van der Waals surface area contributed by atoms with Gasteiger partial charge in [0.2, 0.25) is 11.7 Å². The molecule has 0 amide bonds. The molecule has 1 N–H and O–H groups in total. The molecule has 0 radical (unpaired) electrons. The summed E-state index contributed by atoms with van der Waals surface area (Å²) in [5.41, 5.74) is 1.12. The lowest BCUT2D eigenvalue weighted by atomic mass is 10.0. The summed E-state index contributed by atoms with van der Waals surface area (Å²) in [5.74, 6) is 0.325. The summed E-state index contributed by atoms with van der Waals surface area (Å²) < 4.78 is 5.41. The molecule has 5 nitrogen and oxygen atoms in total. The molecule has 1 aromatic carbocycles. The molecule has 1 heterocycles. The number of aromatic carboxylic acids is 1. The van der Waals surface area contributed by atoms with Crippen molar-refractivity contribution in [3.63, 3.8) is 0 Å². The first-order valence-electron chi connectivity index (χ1n) is 6.92. The van der Waals surface area contributed by atoms with E-state index in [-0.39, 0.29) is 22.3 Å². The highest BCUT2D eigenvalue weighted by atomic mass is 16.5. The molecule has 1 aliphatic rings. The molecule has 2 aromatic rings. The normalized spacial score (nSPS) is 19.4. The SMILES string of the molecule is CC1(C)C(c2nc(-c3cccc(C(=O)O)c3)no2)C1(C)C. The van der Waals surface area contributed by atoms with Crippen LogP contribution in [0.5, 0.6) is 0 Å². The zero-order chi connectivity index (χ0) is 15.4. The van der Waals surface area contributed by atoms with Crippen LogP contribution in [-0.2, 0) is 0 Å². The molecule has 0 spiro atoms. The van der Waals surface area contributed by atoms with Crippen LogP contribution in [0, 0.1) is 10.8 Å². The Kier molecular flexibility index (Phi) is 2.74. The highest BCUT2D eigenvalue weighted by Gasteiger charge is 2.67. The van der Waals surface area contributed by atoms with Gasteiger partial charge in [-0.15, -0.1) is 0 Å². The van der Waals surface area contributed by atoms with E-state index in [0.29, 0.717) is 17.3 Å². The molecule has 5 heteroatoms. The third-order valence-corrected chi connectivity index (χ3v) is 5.08. The summed E-state index contributed by atoms with van der Waals surface area (Å²) in [7, 11) is 0. The predicted octanol–water partition coefficient (Wildman–Crippen LogP) is 3.58. The van der Waals surface area contributed by atoms with Gasteiger partial charge in [0.1, 0.15) is 0 Å². The van der Waals surface area contributed by atoms with Crippen molar-refractivity contribution in [3.05, 3.63) is 35.7 Å². The molecule has 0 aliphatic heterocycles. The average Bonchev–Trinajstić information content (AvgIpc) is 2.77. The van der Waals surface area contributed by atoms with E-state index >= 15 is 0 Å². The van der Waals surface area contributed by atoms with E-state index in [1.54, 1.807) is 24.3 Å². The van der Waals surface area contributed by atoms with Crippen molar-refractivity contribution in [2.45, 2.75) is 33.6 Å². The average molecular weight is 286 g/mol. The van der Waals surface area contributed by atoms with Gasteiger partial charge in [0, 0.05) is 11.5 Å². The Hall–Kier alpha value is -2.17. The third-order valence-electron chi connectivity index (χ3n) is 5.08. The van der Waals surface area contributed by atoms with E-state index < -0.39 is 5.97 Å². The topological polar surface area (TPSA) is 76.2 Å². The van der Waals surface area contributed by atoms with Crippen molar-refractivity contribution in [1.82, 2.24) is 10.1 Å². The van der Waals surface area contributed by atoms with Gasteiger partial charge < -0.3 is 9.63 Å². The second-order valence-corrected chi connectivity index (χ2v) is 6.72. The molecule has 21 heavy (non-hydrogen) atoms. The van der Waals surface area contributed by atoms with Gasteiger partial charge in [-0.3, -0.25) is 0 Å². The number of hydrogen-bond donors (Lipinski definition) is 1. The minimum atomic E-state index is -0.968. The van der Waals surface area contributed by atoms with Gasteiger partial charge in [-0.1, -0.05) is 45.0 Å². The first kappa shape index (κ1) is 13.8. The van der Waals surface area contributed by atoms with Crippen molar-refractivity contribution in [2.24, 2.45) is 10.8 Å². The van der Waals surface area contributed by atoms with Gasteiger partial charge >= 0.3 is 5.97 Å². The van der Waals surface area contributed by atoms with Gasteiger partial charge in [0.05, 0.1) is 5.56 Å². The summed E-state index contributed by atoms with van der Waals surface area (Å²) in [6.07, 6.45) is 0. The van der Waals surface area contributed by atoms with Crippen molar-refractivity contribution in [1.29, 1.82) is 0 Å². The monoisotopic (exact) mass is 286 g/mol. The van der Waals surface area contributed by atoms with E-state index in [1.807, 2.05) is 0 Å². The second kappa shape index (κ2) is 4.16. The largest absolute Gasteiger partial charge is 0.478 e. The summed E-state index contributed by atoms with van der Waals surface area (Å²) >= 11 is 0. The number of hydrogen-bond acceptors (Lipinski definition) is 4. The number of carbonyl (C=O) groups is 1. The van der Waals surface area contributed by atoms with Gasteiger partial charge in [-0.2, -0.15) is 4.98 Å². The lowest BCUT2D eigenvalue weighted by molar-refractivity contribution is 0.0697. The molecule has 0 saturated heterocycles. The number of aromatic nitrogens is 2. The molecule has 1 aliphatic carbocycles. The maximum atomic E-state index is 11.0. The molecule has 1 saturated carbocycles. The van der Waals surface area contributed by atoms with Gasteiger partial charge in [-0.05, 0) is 23.0 Å². The lowest BCUT2D eigenvalue weighted by Crippen LogP contribution is -1.96. The summed E-state index contributed by atoms with van der Waals surface area (Å²) in [5, 5.41) is 13.0. The molecule has 0 unspecified atom stereocenters. The molecule has 1 fully saturated rings. The van der Waals surface area contributed by atoms with Crippen molar-refractivity contribution >= 4 is 5.97 Å². The first-order chi connectivity index (χ1) is 9.75. The summed E-state index contributed by atoms with van der Waals surface area (Å²) in [6, 6.07) is 6.56. The van der Waals surface area contributed by atoms with Crippen LogP contribution < -0.4 is 0 Å². The fourth-order valence-electron chi connectivity index (χ4n) is 3.07. The van der Waals surface area contributed by atoms with Gasteiger partial charge in [0.15, 0.2) is 0 Å². The zero-order valence-corrected chi connectivity index (χ0v) is 12.5. The predicted molar refractivity (Wildman–Crippen MR) is 77.0 cm³/mol. The number of carboxylic acids is 1. The Labute approximate surface area is 123 Å². The van der Waals surface area contributed by atoms with Crippen LogP contribution >= 0.6 is 0 Å². The van der Waals surface area contributed by atoms with E-state index in [2.05, 4.69) is 37.8 Å². The minimum absolute atomic E-state index is 0.125. The molecule has 0 bridgehead atoms. The van der Waals surface area contributed by atoms with E-state index in [9.17, 15) is 4.79 Å². The third kappa shape index (κ3) is 1.95. The maximum Gasteiger partial charge on any atom is 0.335 e. The lowest BCUT2D eigenvalue weighted by Gasteiger charge is -2.03.